The summed E-state index contributed by atoms with van der Waals surface area (Å²) in [6.07, 6.45) is 5.00. The Labute approximate surface area is 187 Å². The molecule has 172 valence electrons. The van der Waals surface area contributed by atoms with Crippen LogP contribution in [-0.4, -0.2) is 59.6 Å². The molecular formula is C22H32N8O2. The number of hydrogen-bond donors (Lipinski definition) is 2. The molecule has 0 aliphatic carbocycles. The molecule has 10 heteroatoms. The van der Waals surface area contributed by atoms with Crippen LogP contribution in [0.4, 0.5) is 16.4 Å². The Kier molecular flexibility index (Phi) is 6.03. The second-order valence-corrected chi connectivity index (χ2v) is 9.69. The number of hydrogen-bond acceptors (Lipinski definition) is 7. The first-order valence-electron chi connectivity index (χ1n) is 11.2. The van der Waals surface area contributed by atoms with Crippen molar-refractivity contribution in [3.05, 3.63) is 24.2 Å². The average molecular weight is 441 g/mol. The molecule has 2 N–H and O–H groups in total. The normalized spacial score (nSPS) is 15.5. The highest BCUT2D eigenvalue weighted by molar-refractivity contribution is 5.72. The molecule has 1 aliphatic rings. The number of piperidine rings is 1. The van der Waals surface area contributed by atoms with E-state index in [1.165, 1.54) is 0 Å². The van der Waals surface area contributed by atoms with Crippen LogP contribution in [0.1, 0.15) is 59.1 Å². The van der Waals surface area contributed by atoms with Gasteiger partial charge >= 0.3 is 6.09 Å². The molecule has 1 aliphatic heterocycles. The van der Waals surface area contributed by atoms with Crippen LogP contribution in [0.5, 0.6) is 0 Å². The monoisotopic (exact) mass is 440 g/mol. The van der Waals surface area contributed by atoms with Crippen molar-refractivity contribution < 1.29 is 9.53 Å². The maximum atomic E-state index is 12.3. The minimum atomic E-state index is -0.474. The zero-order valence-electron chi connectivity index (χ0n) is 19.4. The molecule has 0 radical (unpaired) electrons. The molecule has 1 fully saturated rings. The highest BCUT2D eigenvalue weighted by atomic mass is 16.6. The number of likely N-dealkylation sites (tertiary alicyclic amines) is 1. The van der Waals surface area contributed by atoms with Gasteiger partial charge in [-0.3, -0.25) is 5.10 Å². The quantitative estimate of drug-likeness (QED) is 0.615. The maximum absolute atomic E-state index is 12.3. The Morgan fingerprint density at radius 1 is 1.25 bits per heavy atom. The lowest BCUT2D eigenvalue weighted by Crippen LogP contribution is -2.42. The SMILES string of the molecule is CC(C)c1cc(Nc2cnc3cnn(CC4CCN(C(=O)OC(C)(C)C)CC4)c3n2)n[nH]1. The van der Waals surface area contributed by atoms with Crippen molar-refractivity contribution in [3.63, 3.8) is 0 Å². The molecule has 10 nitrogen and oxygen atoms in total. The number of nitrogens with one attached hydrogen (secondary N) is 2. The minimum absolute atomic E-state index is 0.235. The highest BCUT2D eigenvalue weighted by Crippen LogP contribution is 2.23. The van der Waals surface area contributed by atoms with Crippen LogP contribution < -0.4 is 5.32 Å². The molecule has 0 atom stereocenters. The van der Waals surface area contributed by atoms with E-state index in [-0.39, 0.29) is 6.09 Å². The third kappa shape index (κ3) is 5.17. The van der Waals surface area contributed by atoms with Gasteiger partial charge in [0.1, 0.15) is 11.1 Å². The third-order valence-corrected chi connectivity index (χ3v) is 5.52. The highest BCUT2D eigenvalue weighted by Gasteiger charge is 2.27. The van der Waals surface area contributed by atoms with E-state index in [0.717, 1.165) is 36.2 Å². The number of fused-ring (bicyclic) bond motifs is 1. The van der Waals surface area contributed by atoms with Crippen molar-refractivity contribution >= 4 is 28.9 Å². The summed E-state index contributed by atoms with van der Waals surface area (Å²) in [5.74, 6) is 2.12. The summed E-state index contributed by atoms with van der Waals surface area (Å²) in [4.78, 5) is 23.3. The van der Waals surface area contributed by atoms with Gasteiger partial charge in [0, 0.05) is 31.4 Å². The van der Waals surface area contributed by atoms with E-state index in [2.05, 4.69) is 39.4 Å². The second kappa shape index (κ2) is 8.76. The van der Waals surface area contributed by atoms with Crippen molar-refractivity contribution in [2.45, 2.75) is 65.5 Å². The zero-order valence-corrected chi connectivity index (χ0v) is 19.4. The summed E-state index contributed by atoms with van der Waals surface area (Å²) in [7, 11) is 0. The van der Waals surface area contributed by atoms with E-state index < -0.39 is 5.60 Å². The predicted molar refractivity (Wildman–Crippen MR) is 122 cm³/mol. The number of amides is 1. The molecule has 0 saturated carbocycles. The summed E-state index contributed by atoms with van der Waals surface area (Å²) in [6, 6.07) is 1.98. The van der Waals surface area contributed by atoms with E-state index in [9.17, 15) is 4.79 Å². The van der Waals surface area contributed by atoms with E-state index in [4.69, 9.17) is 9.72 Å². The number of anilines is 2. The van der Waals surface area contributed by atoms with Crippen LogP contribution >= 0.6 is 0 Å². The number of ether oxygens (including phenoxy) is 1. The molecule has 0 bridgehead atoms. The number of aromatic amines is 1. The standard InChI is InChI=1S/C22H32N8O2/c1-14(2)16-10-18(28-27-16)25-19-12-23-17-11-24-30(20(17)26-19)13-15-6-8-29(9-7-15)21(31)32-22(3,4)5/h10-12,14-15H,6-9,13H2,1-5H3,(H2,25,26,27,28). The van der Waals surface area contributed by atoms with Gasteiger partial charge in [-0.05, 0) is 45.4 Å². The van der Waals surface area contributed by atoms with Gasteiger partial charge in [0.05, 0.1) is 12.4 Å². The van der Waals surface area contributed by atoms with Gasteiger partial charge in [-0.15, -0.1) is 0 Å². The first-order valence-corrected chi connectivity index (χ1v) is 11.2. The summed E-state index contributed by atoms with van der Waals surface area (Å²) in [5.41, 5.74) is 2.08. The fourth-order valence-electron chi connectivity index (χ4n) is 3.74. The second-order valence-electron chi connectivity index (χ2n) is 9.69. The summed E-state index contributed by atoms with van der Waals surface area (Å²) in [6.45, 7) is 12.0. The fraction of sp³-hybridized carbons (Fsp3) is 0.591. The minimum Gasteiger partial charge on any atom is -0.444 e. The Bertz CT molecular complexity index is 1070. The molecule has 0 aromatic carbocycles. The van der Waals surface area contributed by atoms with E-state index in [1.54, 1.807) is 17.3 Å². The summed E-state index contributed by atoms with van der Waals surface area (Å²) < 4.78 is 7.40. The Balaban J connectivity index is 1.39. The number of carbonyl (C=O) groups excluding carboxylic acids is 1. The van der Waals surface area contributed by atoms with Gasteiger partial charge in [0.2, 0.25) is 0 Å². The lowest BCUT2D eigenvalue weighted by Gasteiger charge is -2.33. The molecule has 0 spiro atoms. The average Bonchev–Trinajstić information content (AvgIpc) is 3.35. The van der Waals surface area contributed by atoms with Gasteiger partial charge < -0.3 is 15.0 Å². The van der Waals surface area contributed by atoms with E-state index >= 15 is 0 Å². The molecule has 0 unspecified atom stereocenters. The van der Waals surface area contributed by atoms with Crippen LogP contribution in [-0.2, 0) is 11.3 Å². The Morgan fingerprint density at radius 3 is 2.66 bits per heavy atom. The van der Waals surface area contributed by atoms with Crippen molar-refractivity contribution in [3.8, 4) is 0 Å². The lowest BCUT2D eigenvalue weighted by atomic mass is 9.97. The van der Waals surface area contributed by atoms with Crippen LogP contribution in [0.2, 0.25) is 0 Å². The fourth-order valence-corrected chi connectivity index (χ4v) is 3.74. The van der Waals surface area contributed by atoms with E-state index in [1.807, 2.05) is 31.5 Å². The van der Waals surface area contributed by atoms with Crippen LogP contribution in [0.15, 0.2) is 18.5 Å². The van der Waals surface area contributed by atoms with Crippen LogP contribution in [0.25, 0.3) is 11.2 Å². The van der Waals surface area contributed by atoms with Gasteiger partial charge in [0.25, 0.3) is 0 Å². The smallest absolute Gasteiger partial charge is 0.410 e. The number of nitrogens with zero attached hydrogens (tertiary/aromatic N) is 6. The Hall–Kier alpha value is -3.17. The van der Waals surface area contributed by atoms with Gasteiger partial charge in [-0.1, -0.05) is 13.8 Å². The van der Waals surface area contributed by atoms with Gasteiger partial charge in [-0.25, -0.2) is 19.4 Å². The predicted octanol–water partition coefficient (Wildman–Crippen LogP) is 4.06. The summed E-state index contributed by atoms with van der Waals surface area (Å²) in [5, 5.41) is 15.0. The first kappa shape index (κ1) is 22.0. The van der Waals surface area contributed by atoms with Crippen LogP contribution in [0.3, 0.4) is 0 Å². The van der Waals surface area contributed by atoms with Crippen molar-refractivity contribution in [2.75, 3.05) is 18.4 Å². The lowest BCUT2D eigenvalue weighted by molar-refractivity contribution is 0.0177. The largest absolute Gasteiger partial charge is 0.444 e. The topological polar surface area (TPSA) is 114 Å². The first-order chi connectivity index (χ1) is 15.2. The molecule has 1 saturated heterocycles. The number of H-pyrrole nitrogens is 1. The van der Waals surface area contributed by atoms with Crippen molar-refractivity contribution in [2.24, 2.45) is 5.92 Å². The van der Waals surface area contributed by atoms with Crippen molar-refractivity contribution in [1.82, 2.24) is 34.8 Å². The zero-order chi connectivity index (χ0) is 22.9. The van der Waals surface area contributed by atoms with E-state index in [0.29, 0.717) is 36.6 Å². The molecule has 3 aromatic rings. The molecule has 32 heavy (non-hydrogen) atoms. The van der Waals surface area contributed by atoms with Gasteiger partial charge in [-0.2, -0.15) is 10.2 Å². The Morgan fingerprint density at radius 2 is 2.00 bits per heavy atom. The molecule has 1 amide bonds. The third-order valence-electron chi connectivity index (χ3n) is 5.52. The summed E-state index contributed by atoms with van der Waals surface area (Å²) >= 11 is 0. The molecule has 4 rings (SSSR count). The number of carbonyl (C=O) groups is 1. The molecule has 3 aromatic heterocycles. The molecule has 4 heterocycles. The van der Waals surface area contributed by atoms with Gasteiger partial charge in [0.15, 0.2) is 17.3 Å². The molecular weight excluding hydrogens is 408 g/mol. The van der Waals surface area contributed by atoms with Crippen molar-refractivity contribution in [1.29, 1.82) is 0 Å². The maximum Gasteiger partial charge on any atom is 0.410 e. The number of rotatable bonds is 5. The van der Waals surface area contributed by atoms with Crippen LogP contribution in [0, 0.1) is 5.92 Å². The number of aromatic nitrogens is 6.